The van der Waals surface area contributed by atoms with Crippen molar-refractivity contribution in [2.75, 3.05) is 6.61 Å². The fraction of sp³-hybridized carbons (Fsp3) is 0.154. The molecular weight excluding hydrogens is 413 g/mol. The first-order valence-corrected chi connectivity index (χ1v) is 10.2. The molecule has 0 unspecified atom stereocenters. The van der Waals surface area contributed by atoms with Gasteiger partial charge in [0.25, 0.3) is 0 Å². The van der Waals surface area contributed by atoms with E-state index < -0.39 is 17.5 Å². The summed E-state index contributed by atoms with van der Waals surface area (Å²) in [6.07, 6.45) is 5.36. The number of hydrogen-bond donors (Lipinski definition) is 0. The zero-order chi connectivity index (χ0) is 22.5. The van der Waals surface area contributed by atoms with Crippen LogP contribution in [-0.2, 0) is 0 Å². The fourth-order valence-corrected chi connectivity index (χ4v) is 3.10. The smallest absolute Gasteiger partial charge is 0.195 e. The Morgan fingerprint density at radius 3 is 2.25 bits per heavy atom. The Bertz CT molecular complexity index is 1310. The summed E-state index contributed by atoms with van der Waals surface area (Å²) in [6.45, 7) is 2.74. The zero-order valence-corrected chi connectivity index (χ0v) is 17.3. The summed E-state index contributed by atoms with van der Waals surface area (Å²) in [7, 11) is 0. The lowest BCUT2D eigenvalue weighted by Gasteiger charge is -2.05. The van der Waals surface area contributed by atoms with Crippen LogP contribution in [0, 0.1) is 29.3 Å². The second kappa shape index (κ2) is 9.52. The predicted molar refractivity (Wildman–Crippen MR) is 118 cm³/mol. The number of fused-ring (bicyclic) bond motifs is 1. The van der Waals surface area contributed by atoms with Gasteiger partial charge >= 0.3 is 0 Å². The summed E-state index contributed by atoms with van der Waals surface area (Å²) in [5.41, 5.74) is 2.16. The van der Waals surface area contributed by atoms with E-state index >= 15 is 0 Å². The van der Waals surface area contributed by atoms with Crippen LogP contribution in [0.4, 0.5) is 13.2 Å². The number of hydrogen-bond acceptors (Lipinski definition) is 3. The van der Waals surface area contributed by atoms with E-state index in [1.165, 1.54) is 12.1 Å². The monoisotopic (exact) mass is 432 g/mol. The van der Waals surface area contributed by atoms with Crippen molar-refractivity contribution in [2.24, 2.45) is 0 Å². The molecule has 0 saturated heterocycles. The SMILES string of the molecule is CCCCOc1cnc(-c2ccc(C#Cc3ccc4c(F)c(F)c(F)cc4c3)cc2)nc1. The number of rotatable bonds is 5. The molecule has 0 bridgehead atoms. The number of halogens is 3. The summed E-state index contributed by atoms with van der Waals surface area (Å²) in [6, 6.07) is 12.9. The van der Waals surface area contributed by atoms with Crippen molar-refractivity contribution in [3.05, 3.63) is 89.5 Å². The van der Waals surface area contributed by atoms with Crippen LogP contribution in [0.3, 0.4) is 0 Å². The number of unbranched alkanes of at least 4 members (excludes halogenated alkanes) is 1. The minimum atomic E-state index is -1.47. The molecule has 4 aromatic rings. The molecule has 4 rings (SSSR count). The zero-order valence-electron chi connectivity index (χ0n) is 17.3. The molecule has 0 fully saturated rings. The maximum atomic E-state index is 13.8. The fourth-order valence-electron chi connectivity index (χ4n) is 3.10. The van der Waals surface area contributed by atoms with Gasteiger partial charge in [-0.1, -0.05) is 31.3 Å². The molecule has 0 amide bonds. The highest BCUT2D eigenvalue weighted by Gasteiger charge is 2.13. The molecule has 0 spiro atoms. The van der Waals surface area contributed by atoms with Crippen LogP contribution in [0.1, 0.15) is 30.9 Å². The summed E-state index contributed by atoms with van der Waals surface area (Å²) in [4.78, 5) is 8.68. The highest BCUT2D eigenvalue weighted by atomic mass is 19.2. The van der Waals surface area contributed by atoms with Crippen molar-refractivity contribution in [1.82, 2.24) is 9.97 Å². The second-order valence-corrected chi connectivity index (χ2v) is 7.19. The van der Waals surface area contributed by atoms with Gasteiger partial charge in [0.05, 0.1) is 19.0 Å². The van der Waals surface area contributed by atoms with E-state index in [0.717, 1.165) is 30.0 Å². The van der Waals surface area contributed by atoms with Gasteiger partial charge < -0.3 is 4.74 Å². The van der Waals surface area contributed by atoms with Crippen molar-refractivity contribution < 1.29 is 17.9 Å². The van der Waals surface area contributed by atoms with Gasteiger partial charge in [0.15, 0.2) is 29.0 Å². The maximum Gasteiger partial charge on any atom is 0.195 e. The Morgan fingerprint density at radius 2 is 1.53 bits per heavy atom. The molecule has 0 aliphatic rings. The maximum absolute atomic E-state index is 13.8. The number of nitrogens with zero attached hydrogens (tertiary/aromatic N) is 2. The van der Waals surface area contributed by atoms with E-state index in [9.17, 15) is 13.2 Å². The minimum absolute atomic E-state index is 0.0144. The minimum Gasteiger partial charge on any atom is -0.490 e. The number of ether oxygens (including phenoxy) is 1. The summed E-state index contributed by atoms with van der Waals surface area (Å²) in [5.74, 6) is 3.30. The van der Waals surface area contributed by atoms with Crippen molar-refractivity contribution >= 4 is 10.8 Å². The first kappa shape index (κ1) is 21.4. The molecular formula is C26H19F3N2O. The molecule has 1 heterocycles. The van der Waals surface area contributed by atoms with E-state index in [1.807, 2.05) is 24.3 Å². The van der Waals surface area contributed by atoms with Gasteiger partial charge in [0.1, 0.15) is 0 Å². The van der Waals surface area contributed by atoms with Crippen LogP contribution in [-0.4, -0.2) is 16.6 Å². The third-order valence-corrected chi connectivity index (χ3v) is 4.86. The molecule has 6 heteroatoms. The quantitative estimate of drug-likeness (QED) is 0.211. The topological polar surface area (TPSA) is 35.0 Å². The molecule has 3 nitrogen and oxygen atoms in total. The molecule has 0 radical (unpaired) electrons. The second-order valence-electron chi connectivity index (χ2n) is 7.19. The Kier molecular flexibility index (Phi) is 6.37. The summed E-state index contributed by atoms with van der Waals surface area (Å²) >= 11 is 0. The van der Waals surface area contributed by atoms with Crippen LogP contribution < -0.4 is 4.74 Å². The van der Waals surface area contributed by atoms with Gasteiger partial charge in [-0.2, -0.15) is 0 Å². The third kappa shape index (κ3) is 4.73. The van der Waals surface area contributed by atoms with Crippen LogP contribution >= 0.6 is 0 Å². The lowest BCUT2D eigenvalue weighted by Crippen LogP contribution is -1.98. The molecule has 0 aliphatic carbocycles. The first-order chi connectivity index (χ1) is 15.5. The standard InChI is InChI=1S/C26H19F3N2O/c1-2-3-12-32-21-15-30-26(31-16-21)19-9-6-17(7-10-19)4-5-18-8-11-22-20(13-18)14-23(27)25(29)24(22)28/h6-11,13-16H,2-3,12H2,1H3. The highest BCUT2D eigenvalue weighted by molar-refractivity contribution is 5.84. The van der Waals surface area contributed by atoms with Gasteiger partial charge in [-0.3, -0.25) is 0 Å². The Morgan fingerprint density at radius 1 is 0.844 bits per heavy atom. The Hall–Kier alpha value is -3.85. The van der Waals surface area contributed by atoms with Crippen molar-refractivity contribution in [3.63, 3.8) is 0 Å². The van der Waals surface area contributed by atoms with Gasteiger partial charge in [-0.15, -0.1) is 0 Å². The molecule has 1 aromatic heterocycles. The van der Waals surface area contributed by atoms with E-state index in [2.05, 4.69) is 28.7 Å². The Balaban J connectivity index is 1.49. The van der Waals surface area contributed by atoms with Gasteiger partial charge in [0, 0.05) is 22.1 Å². The third-order valence-electron chi connectivity index (χ3n) is 4.86. The van der Waals surface area contributed by atoms with E-state index in [4.69, 9.17) is 4.74 Å². The van der Waals surface area contributed by atoms with Crippen molar-refractivity contribution in [1.29, 1.82) is 0 Å². The number of benzene rings is 3. The normalized spacial score (nSPS) is 10.6. The van der Waals surface area contributed by atoms with Crippen LogP contribution in [0.5, 0.6) is 5.75 Å². The summed E-state index contributed by atoms with van der Waals surface area (Å²) in [5, 5.41) is 0.267. The van der Waals surface area contributed by atoms with Gasteiger partial charge in [0.2, 0.25) is 0 Å². The van der Waals surface area contributed by atoms with Crippen LogP contribution in [0.25, 0.3) is 22.2 Å². The predicted octanol–water partition coefficient (Wildman–Crippen LogP) is 6.29. The lowest BCUT2D eigenvalue weighted by atomic mass is 10.1. The Labute approximate surface area is 183 Å². The molecule has 0 N–H and O–H groups in total. The van der Waals surface area contributed by atoms with E-state index in [-0.39, 0.29) is 10.8 Å². The molecule has 160 valence electrons. The average Bonchev–Trinajstić information content (AvgIpc) is 2.82. The molecule has 0 atom stereocenters. The van der Waals surface area contributed by atoms with Crippen molar-refractivity contribution in [2.45, 2.75) is 19.8 Å². The lowest BCUT2D eigenvalue weighted by molar-refractivity contribution is 0.307. The first-order valence-electron chi connectivity index (χ1n) is 10.2. The van der Waals surface area contributed by atoms with Gasteiger partial charge in [-0.25, -0.2) is 23.1 Å². The summed E-state index contributed by atoms with van der Waals surface area (Å²) < 4.78 is 46.3. The van der Waals surface area contributed by atoms with Crippen molar-refractivity contribution in [3.8, 4) is 29.0 Å². The highest BCUT2D eigenvalue weighted by Crippen LogP contribution is 2.24. The molecule has 3 aromatic carbocycles. The molecule has 0 saturated carbocycles. The molecule has 0 aliphatic heterocycles. The van der Waals surface area contributed by atoms with Crippen LogP contribution in [0.2, 0.25) is 0 Å². The average molecular weight is 432 g/mol. The van der Waals surface area contributed by atoms with E-state index in [0.29, 0.717) is 23.7 Å². The number of aromatic nitrogens is 2. The van der Waals surface area contributed by atoms with Gasteiger partial charge in [-0.05, 0) is 54.3 Å². The van der Waals surface area contributed by atoms with E-state index in [1.54, 1.807) is 18.5 Å². The molecule has 32 heavy (non-hydrogen) atoms. The largest absolute Gasteiger partial charge is 0.490 e. The van der Waals surface area contributed by atoms with Crippen LogP contribution in [0.15, 0.2) is 60.9 Å².